The SMILES string of the molecule is C[C@@H](C(=O)Nc1ccccc1CN1CCCC1)n1cnnn1. The second-order valence-corrected chi connectivity index (χ2v) is 5.60. The maximum atomic E-state index is 12.4. The van der Waals surface area contributed by atoms with Gasteiger partial charge in [-0.1, -0.05) is 18.2 Å². The van der Waals surface area contributed by atoms with E-state index in [1.807, 2.05) is 18.2 Å². The average molecular weight is 300 g/mol. The Morgan fingerprint density at radius 2 is 2.09 bits per heavy atom. The molecule has 7 heteroatoms. The highest BCUT2D eigenvalue weighted by Crippen LogP contribution is 2.21. The van der Waals surface area contributed by atoms with Crippen molar-refractivity contribution < 1.29 is 4.79 Å². The van der Waals surface area contributed by atoms with Crippen LogP contribution in [0.1, 0.15) is 31.4 Å². The molecule has 1 aromatic carbocycles. The number of para-hydroxylation sites is 1. The molecule has 1 saturated heterocycles. The zero-order chi connectivity index (χ0) is 15.4. The Morgan fingerprint density at radius 1 is 1.32 bits per heavy atom. The molecule has 1 atom stereocenters. The van der Waals surface area contributed by atoms with Gasteiger partial charge in [0.1, 0.15) is 12.4 Å². The summed E-state index contributed by atoms with van der Waals surface area (Å²) in [5.41, 5.74) is 2.00. The molecule has 2 aromatic rings. The summed E-state index contributed by atoms with van der Waals surface area (Å²) in [6.07, 6.45) is 3.95. The lowest BCUT2D eigenvalue weighted by Gasteiger charge is -2.19. The molecular weight excluding hydrogens is 280 g/mol. The Bertz CT molecular complexity index is 621. The van der Waals surface area contributed by atoms with Crippen LogP contribution in [0.4, 0.5) is 5.69 Å². The van der Waals surface area contributed by atoms with Crippen LogP contribution >= 0.6 is 0 Å². The standard InChI is InChI=1S/C15H20N6O/c1-12(21-11-16-18-19-21)15(22)17-14-7-3-2-6-13(14)10-20-8-4-5-9-20/h2-3,6-7,11-12H,4-5,8-10H2,1H3,(H,17,22)/t12-/m0/s1. The van der Waals surface area contributed by atoms with Crippen molar-refractivity contribution >= 4 is 11.6 Å². The summed E-state index contributed by atoms with van der Waals surface area (Å²) in [7, 11) is 0. The maximum absolute atomic E-state index is 12.4. The van der Waals surface area contributed by atoms with Gasteiger partial charge in [0, 0.05) is 12.2 Å². The second-order valence-electron chi connectivity index (χ2n) is 5.60. The highest BCUT2D eigenvalue weighted by atomic mass is 16.2. The molecule has 0 unspecified atom stereocenters. The number of carbonyl (C=O) groups is 1. The van der Waals surface area contributed by atoms with Crippen LogP contribution in [-0.2, 0) is 11.3 Å². The fraction of sp³-hybridized carbons (Fsp3) is 0.467. The van der Waals surface area contributed by atoms with E-state index in [-0.39, 0.29) is 5.91 Å². The first-order chi connectivity index (χ1) is 10.7. The summed E-state index contributed by atoms with van der Waals surface area (Å²) in [6.45, 7) is 4.90. The summed E-state index contributed by atoms with van der Waals surface area (Å²) < 4.78 is 1.44. The quantitative estimate of drug-likeness (QED) is 0.905. The molecule has 116 valence electrons. The van der Waals surface area contributed by atoms with Crippen molar-refractivity contribution in [1.82, 2.24) is 25.1 Å². The van der Waals surface area contributed by atoms with E-state index in [0.29, 0.717) is 0 Å². The summed E-state index contributed by atoms with van der Waals surface area (Å²) >= 11 is 0. The molecule has 1 fully saturated rings. The van der Waals surface area contributed by atoms with E-state index in [1.54, 1.807) is 6.92 Å². The Hall–Kier alpha value is -2.28. The van der Waals surface area contributed by atoms with Gasteiger partial charge in [0.15, 0.2) is 0 Å². The normalized spacial score (nSPS) is 16.6. The van der Waals surface area contributed by atoms with Crippen LogP contribution in [0, 0.1) is 0 Å². The fourth-order valence-electron chi connectivity index (χ4n) is 2.66. The van der Waals surface area contributed by atoms with E-state index in [0.717, 1.165) is 30.9 Å². The zero-order valence-electron chi connectivity index (χ0n) is 12.6. The van der Waals surface area contributed by atoms with Crippen LogP contribution in [0.5, 0.6) is 0 Å². The molecule has 0 radical (unpaired) electrons. The van der Waals surface area contributed by atoms with E-state index >= 15 is 0 Å². The zero-order valence-corrected chi connectivity index (χ0v) is 12.6. The number of hydrogen-bond acceptors (Lipinski definition) is 5. The number of benzene rings is 1. The fourth-order valence-corrected chi connectivity index (χ4v) is 2.66. The lowest BCUT2D eigenvalue weighted by atomic mass is 10.1. The van der Waals surface area contributed by atoms with Crippen molar-refractivity contribution in [2.24, 2.45) is 0 Å². The first-order valence-electron chi connectivity index (χ1n) is 7.57. The van der Waals surface area contributed by atoms with Crippen LogP contribution in [-0.4, -0.2) is 44.1 Å². The van der Waals surface area contributed by atoms with Crippen LogP contribution in [0.2, 0.25) is 0 Å². The molecule has 0 aliphatic carbocycles. The number of rotatable bonds is 5. The van der Waals surface area contributed by atoms with Crippen molar-refractivity contribution in [3.05, 3.63) is 36.2 Å². The number of aromatic nitrogens is 4. The Labute approximate surface area is 129 Å². The Kier molecular flexibility index (Phi) is 4.43. The van der Waals surface area contributed by atoms with Crippen molar-refractivity contribution in [2.45, 2.75) is 32.4 Å². The maximum Gasteiger partial charge on any atom is 0.249 e. The monoisotopic (exact) mass is 300 g/mol. The average Bonchev–Trinajstić information content (AvgIpc) is 3.21. The van der Waals surface area contributed by atoms with Gasteiger partial charge < -0.3 is 5.32 Å². The molecule has 0 saturated carbocycles. The molecule has 0 spiro atoms. The van der Waals surface area contributed by atoms with Gasteiger partial charge >= 0.3 is 0 Å². The van der Waals surface area contributed by atoms with Crippen molar-refractivity contribution in [1.29, 1.82) is 0 Å². The number of likely N-dealkylation sites (tertiary alicyclic amines) is 1. The van der Waals surface area contributed by atoms with Crippen LogP contribution in [0.25, 0.3) is 0 Å². The number of nitrogens with one attached hydrogen (secondary N) is 1. The van der Waals surface area contributed by atoms with E-state index in [4.69, 9.17) is 0 Å². The van der Waals surface area contributed by atoms with Gasteiger partial charge in [-0.05, 0) is 54.9 Å². The lowest BCUT2D eigenvalue weighted by Crippen LogP contribution is -2.25. The summed E-state index contributed by atoms with van der Waals surface area (Å²) in [6, 6.07) is 7.50. The largest absolute Gasteiger partial charge is 0.324 e. The third kappa shape index (κ3) is 3.30. The van der Waals surface area contributed by atoms with Crippen molar-refractivity contribution in [3.8, 4) is 0 Å². The highest BCUT2D eigenvalue weighted by Gasteiger charge is 2.18. The summed E-state index contributed by atoms with van der Waals surface area (Å²) in [5, 5.41) is 13.9. The minimum absolute atomic E-state index is 0.124. The van der Waals surface area contributed by atoms with E-state index < -0.39 is 6.04 Å². The molecule has 1 aliphatic heterocycles. The number of tetrazole rings is 1. The molecule has 7 nitrogen and oxygen atoms in total. The van der Waals surface area contributed by atoms with Gasteiger partial charge in [0.25, 0.3) is 0 Å². The van der Waals surface area contributed by atoms with Crippen LogP contribution in [0.3, 0.4) is 0 Å². The topological polar surface area (TPSA) is 75.9 Å². The molecule has 3 rings (SSSR count). The van der Waals surface area contributed by atoms with Gasteiger partial charge in [-0.25, -0.2) is 4.68 Å². The third-order valence-corrected chi connectivity index (χ3v) is 4.01. The second kappa shape index (κ2) is 6.65. The summed E-state index contributed by atoms with van der Waals surface area (Å²) in [4.78, 5) is 14.8. The van der Waals surface area contributed by atoms with E-state index in [1.165, 1.54) is 23.9 Å². The highest BCUT2D eigenvalue weighted by molar-refractivity contribution is 5.94. The first-order valence-corrected chi connectivity index (χ1v) is 7.57. The molecule has 1 amide bonds. The molecule has 1 aromatic heterocycles. The van der Waals surface area contributed by atoms with Crippen molar-refractivity contribution in [2.75, 3.05) is 18.4 Å². The molecule has 2 heterocycles. The van der Waals surface area contributed by atoms with Gasteiger partial charge in [-0.15, -0.1) is 5.10 Å². The summed E-state index contributed by atoms with van der Waals surface area (Å²) in [5.74, 6) is -0.124. The molecule has 0 bridgehead atoms. The number of carbonyl (C=O) groups excluding carboxylic acids is 1. The number of anilines is 1. The number of hydrogen-bond donors (Lipinski definition) is 1. The Balaban J connectivity index is 1.70. The van der Waals surface area contributed by atoms with Gasteiger partial charge in [-0.2, -0.15) is 0 Å². The van der Waals surface area contributed by atoms with Gasteiger partial charge in [0.2, 0.25) is 5.91 Å². The van der Waals surface area contributed by atoms with E-state index in [9.17, 15) is 4.79 Å². The predicted octanol–water partition coefficient (Wildman–Crippen LogP) is 1.47. The molecule has 22 heavy (non-hydrogen) atoms. The number of nitrogens with zero attached hydrogens (tertiary/aromatic N) is 5. The Morgan fingerprint density at radius 3 is 2.82 bits per heavy atom. The van der Waals surface area contributed by atoms with Crippen molar-refractivity contribution in [3.63, 3.8) is 0 Å². The molecule has 1 N–H and O–H groups in total. The molecule has 1 aliphatic rings. The smallest absolute Gasteiger partial charge is 0.249 e. The van der Waals surface area contributed by atoms with Gasteiger partial charge in [-0.3, -0.25) is 9.69 Å². The van der Waals surface area contributed by atoms with Crippen LogP contribution < -0.4 is 5.32 Å². The third-order valence-electron chi connectivity index (χ3n) is 4.01. The first kappa shape index (κ1) is 14.6. The predicted molar refractivity (Wildman–Crippen MR) is 82.1 cm³/mol. The van der Waals surface area contributed by atoms with Crippen LogP contribution in [0.15, 0.2) is 30.6 Å². The van der Waals surface area contributed by atoms with Gasteiger partial charge in [0.05, 0.1) is 0 Å². The minimum Gasteiger partial charge on any atom is -0.324 e. The minimum atomic E-state index is -0.449. The van der Waals surface area contributed by atoms with E-state index in [2.05, 4.69) is 31.8 Å². The number of amides is 1. The lowest BCUT2D eigenvalue weighted by molar-refractivity contribution is -0.119. The molecular formula is C15H20N6O.